The third kappa shape index (κ3) is 4.10. The van der Waals surface area contributed by atoms with E-state index in [0.717, 1.165) is 34.4 Å². The van der Waals surface area contributed by atoms with E-state index >= 15 is 0 Å². The minimum Gasteiger partial charge on any atom is -0.344 e. The van der Waals surface area contributed by atoms with Crippen LogP contribution in [-0.2, 0) is 9.59 Å². The summed E-state index contributed by atoms with van der Waals surface area (Å²) in [5, 5.41) is 6.88. The standard InChI is InChI=1S/C19H23N5O2S/c1-12-11-20-19(27-12)23-16-4-2-3-14(21-16)13-7-9-24(10-8-13)18(26)15-5-6-17(25)22-15/h2-4,11,13,15H,5-10H2,1H3,(H,22,25)(H,20,21,23)/t15-/m0/s1. The molecule has 0 radical (unpaired) electrons. The lowest BCUT2D eigenvalue weighted by Gasteiger charge is -2.33. The predicted octanol–water partition coefficient (Wildman–Crippen LogP) is 2.57. The molecule has 2 amide bonds. The number of amides is 2. The molecule has 4 heterocycles. The topological polar surface area (TPSA) is 87.2 Å². The van der Waals surface area contributed by atoms with Crippen LogP contribution in [0.3, 0.4) is 0 Å². The smallest absolute Gasteiger partial charge is 0.245 e. The first kappa shape index (κ1) is 17.9. The van der Waals surface area contributed by atoms with Gasteiger partial charge >= 0.3 is 0 Å². The number of anilines is 2. The Labute approximate surface area is 162 Å². The molecule has 2 saturated heterocycles. The van der Waals surface area contributed by atoms with Crippen LogP contribution in [0.4, 0.5) is 10.9 Å². The fraction of sp³-hybridized carbons (Fsp3) is 0.474. The van der Waals surface area contributed by atoms with Crippen LogP contribution in [0.1, 0.15) is 42.2 Å². The van der Waals surface area contributed by atoms with Crippen molar-refractivity contribution in [1.82, 2.24) is 20.2 Å². The van der Waals surface area contributed by atoms with E-state index in [4.69, 9.17) is 4.98 Å². The predicted molar refractivity (Wildman–Crippen MR) is 104 cm³/mol. The van der Waals surface area contributed by atoms with Gasteiger partial charge < -0.3 is 15.5 Å². The van der Waals surface area contributed by atoms with Gasteiger partial charge in [0.15, 0.2) is 5.13 Å². The number of aromatic nitrogens is 2. The van der Waals surface area contributed by atoms with Gasteiger partial charge in [-0.15, -0.1) is 11.3 Å². The minimum absolute atomic E-state index is 0.0211. The number of nitrogens with one attached hydrogen (secondary N) is 2. The van der Waals surface area contributed by atoms with Gasteiger partial charge in [0.05, 0.1) is 0 Å². The molecule has 2 aromatic rings. The molecule has 0 unspecified atom stereocenters. The van der Waals surface area contributed by atoms with Crippen LogP contribution in [0, 0.1) is 6.92 Å². The summed E-state index contributed by atoms with van der Waals surface area (Å²) < 4.78 is 0. The van der Waals surface area contributed by atoms with E-state index in [1.807, 2.05) is 30.2 Å². The number of hydrogen-bond donors (Lipinski definition) is 2. The van der Waals surface area contributed by atoms with Gasteiger partial charge in [-0.3, -0.25) is 9.59 Å². The third-order valence-electron chi connectivity index (χ3n) is 5.15. The molecule has 8 heteroatoms. The minimum atomic E-state index is -0.332. The second kappa shape index (κ2) is 7.64. The zero-order chi connectivity index (χ0) is 18.8. The molecular formula is C19H23N5O2S. The lowest BCUT2D eigenvalue weighted by Crippen LogP contribution is -2.47. The van der Waals surface area contributed by atoms with Crippen molar-refractivity contribution in [1.29, 1.82) is 0 Å². The monoisotopic (exact) mass is 385 g/mol. The van der Waals surface area contributed by atoms with Crippen LogP contribution in [-0.4, -0.2) is 45.8 Å². The van der Waals surface area contributed by atoms with E-state index in [0.29, 0.717) is 31.8 Å². The van der Waals surface area contributed by atoms with Crippen molar-refractivity contribution in [3.8, 4) is 0 Å². The van der Waals surface area contributed by atoms with Crippen molar-refractivity contribution >= 4 is 34.1 Å². The first-order valence-electron chi connectivity index (χ1n) is 9.33. The fourth-order valence-electron chi connectivity index (χ4n) is 3.69. The normalized spacial score (nSPS) is 20.6. The van der Waals surface area contributed by atoms with Crippen LogP contribution in [0.2, 0.25) is 0 Å². The number of aryl methyl sites for hydroxylation is 1. The first-order chi connectivity index (χ1) is 13.1. The number of pyridine rings is 1. The second-order valence-corrected chi connectivity index (χ2v) is 8.34. The molecule has 2 aliphatic heterocycles. The van der Waals surface area contributed by atoms with E-state index in [2.05, 4.69) is 21.7 Å². The number of rotatable bonds is 4. The highest BCUT2D eigenvalue weighted by Crippen LogP contribution is 2.29. The van der Waals surface area contributed by atoms with Crippen LogP contribution in [0.25, 0.3) is 0 Å². The van der Waals surface area contributed by atoms with Crippen LogP contribution in [0.5, 0.6) is 0 Å². The van der Waals surface area contributed by atoms with E-state index in [-0.39, 0.29) is 17.9 Å². The summed E-state index contributed by atoms with van der Waals surface area (Å²) in [6, 6.07) is 5.68. The number of carbonyl (C=O) groups is 2. The Bertz CT molecular complexity index is 844. The number of carbonyl (C=O) groups excluding carboxylic acids is 2. The number of thiazole rings is 1. The van der Waals surface area contributed by atoms with Gasteiger partial charge in [-0.05, 0) is 38.3 Å². The summed E-state index contributed by atoms with van der Waals surface area (Å²) in [7, 11) is 0. The van der Waals surface area contributed by atoms with Gasteiger partial charge in [0, 0.05) is 42.2 Å². The van der Waals surface area contributed by atoms with E-state index in [1.165, 1.54) is 0 Å². The summed E-state index contributed by atoms with van der Waals surface area (Å²) in [5.41, 5.74) is 1.05. The van der Waals surface area contributed by atoms with Crippen LogP contribution in [0.15, 0.2) is 24.4 Å². The largest absolute Gasteiger partial charge is 0.344 e. The average Bonchev–Trinajstić information content (AvgIpc) is 3.30. The summed E-state index contributed by atoms with van der Waals surface area (Å²) in [5.74, 6) is 1.18. The number of piperidine rings is 1. The highest BCUT2D eigenvalue weighted by Gasteiger charge is 2.33. The average molecular weight is 385 g/mol. The van der Waals surface area contributed by atoms with Crippen molar-refractivity contribution in [3.63, 3.8) is 0 Å². The van der Waals surface area contributed by atoms with Crippen molar-refractivity contribution in [2.24, 2.45) is 0 Å². The molecule has 27 heavy (non-hydrogen) atoms. The number of hydrogen-bond acceptors (Lipinski definition) is 6. The summed E-state index contributed by atoms with van der Waals surface area (Å²) in [6.07, 6.45) is 4.69. The molecule has 2 aromatic heterocycles. The molecule has 1 atom stereocenters. The molecule has 0 aromatic carbocycles. The Balaban J connectivity index is 1.36. The second-order valence-electron chi connectivity index (χ2n) is 7.11. The number of likely N-dealkylation sites (tertiary alicyclic amines) is 1. The molecule has 2 fully saturated rings. The Hall–Kier alpha value is -2.48. The molecule has 2 N–H and O–H groups in total. The summed E-state index contributed by atoms with van der Waals surface area (Å²) >= 11 is 1.60. The Morgan fingerprint density at radius 2 is 2.11 bits per heavy atom. The van der Waals surface area contributed by atoms with E-state index in [9.17, 15) is 9.59 Å². The lowest BCUT2D eigenvalue weighted by atomic mass is 9.92. The van der Waals surface area contributed by atoms with Crippen molar-refractivity contribution in [2.75, 3.05) is 18.4 Å². The molecule has 0 saturated carbocycles. The maximum Gasteiger partial charge on any atom is 0.245 e. The molecule has 0 aliphatic carbocycles. The fourth-order valence-corrected chi connectivity index (χ4v) is 4.36. The highest BCUT2D eigenvalue weighted by atomic mass is 32.1. The molecule has 2 aliphatic rings. The van der Waals surface area contributed by atoms with Crippen molar-refractivity contribution < 1.29 is 9.59 Å². The SMILES string of the molecule is Cc1cnc(Nc2cccc(C3CCN(C(=O)[C@@H]4CCC(=O)N4)CC3)n2)s1. The quantitative estimate of drug-likeness (QED) is 0.845. The van der Waals surface area contributed by atoms with Gasteiger partial charge in [-0.25, -0.2) is 9.97 Å². The Morgan fingerprint density at radius 3 is 2.78 bits per heavy atom. The van der Waals surface area contributed by atoms with Gasteiger partial charge in [0.25, 0.3) is 0 Å². The molecule has 142 valence electrons. The number of nitrogens with zero attached hydrogens (tertiary/aromatic N) is 3. The van der Waals surface area contributed by atoms with Gasteiger partial charge in [0.2, 0.25) is 11.8 Å². The lowest BCUT2D eigenvalue weighted by molar-refractivity contribution is -0.135. The highest BCUT2D eigenvalue weighted by molar-refractivity contribution is 7.15. The summed E-state index contributed by atoms with van der Waals surface area (Å²) in [4.78, 5) is 36.0. The zero-order valence-corrected chi connectivity index (χ0v) is 16.1. The van der Waals surface area contributed by atoms with E-state index in [1.54, 1.807) is 11.3 Å². The maximum atomic E-state index is 12.5. The summed E-state index contributed by atoms with van der Waals surface area (Å²) in [6.45, 7) is 3.44. The van der Waals surface area contributed by atoms with E-state index < -0.39 is 0 Å². The molecule has 4 rings (SSSR count). The molecule has 0 bridgehead atoms. The van der Waals surface area contributed by atoms with Gasteiger partial charge in [-0.1, -0.05) is 6.07 Å². The van der Waals surface area contributed by atoms with Gasteiger partial charge in [-0.2, -0.15) is 0 Å². The third-order valence-corrected chi connectivity index (χ3v) is 5.97. The molecule has 7 nitrogen and oxygen atoms in total. The van der Waals surface area contributed by atoms with Crippen LogP contribution >= 0.6 is 11.3 Å². The van der Waals surface area contributed by atoms with Gasteiger partial charge in [0.1, 0.15) is 11.9 Å². The zero-order valence-electron chi connectivity index (χ0n) is 15.3. The van der Waals surface area contributed by atoms with Crippen molar-refractivity contribution in [2.45, 2.75) is 44.6 Å². The Morgan fingerprint density at radius 1 is 1.30 bits per heavy atom. The molecular weight excluding hydrogens is 362 g/mol. The Kier molecular flexibility index (Phi) is 5.07. The first-order valence-corrected chi connectivity index (χ1v) is 10.1. The maximum absolute atomic E-state index is 12.5. The van der Waals surface area contributed by atoms with Crippen molar-refractivity contribution in [3.05, 3.63) is 35.0 Å². The van der Waals surface area contributed by atoms with Crippen LogP contribution < -0.4 is 10.6 Å². The molecule has 0 spiro atoms.